The summed E-state index contributed by atoms with van der Waals surface area (Å²) in [5, 5.41) is 3.40. The molecule has 10 heteroatoms. The maximum Gasteiger partial charge on any atom is 0.298 e. The summed E-state index contributed by atoms with van der Waals surface area (Å²) in [4.78, 5) is 7.07. The Hall–Kier alpha value is -2.82. The van der Waals surface area contributed by atoms with Gasteiger partial charge in [-0.05, 0) is 68.8 Å². The standard InChI is InChI=1S/C24H32N4O5S/c1-5-32-23-14-17(6-8-22(23)31-4)16-28(18-10-12-25-13-11-18)24-26-20-15-19(7-9-21(20)33-24)34(29,30)27(2)3/h6-9,14-15,18,25H,5,10-13,16H2,1-4H3. The zero-order valence-corrected chi connectivity index (χ0v) is 20.9. The van der Waals surface area contributed by atoms with E-state index >= 15 is 0 Å². The zero-order chi connectivity index (χ0) is 24.3. The molecule has 34 heavy (non-hydrogen) atoms. The van der Waals surface area contributed by atoms with Gasteiger partial charge in [-0.3, -0.25) is 0 Å². The maximum absolute atomic E-state index is 12.6. The normalized spacial score (nSPS) is 15.1. The molecule has 1 saturated heterocycles. The second-order valence-corrected chi connectivity index (χ2v) is 10.6. The first-order valence-electron chi connectivity index (χ1n) is 11.4. The topological polar surface area (TPSA) is 97.1 Å². The Morgan fingerprint density at radius 1 is 1.12 bits per heavy atom. The van der Waals surface area contributed by atoms with Gasteiger partial charge in [-0.1, -0.05) is 6.07 Å². The van der Waals surface area contributed by atoms with Gasteiger partial charge in [0.25, 0.3) is 6.01 Å². The van der Waals surface area contributed by atoms with Gasteiger partial charge >= 0.3 is 0 Å². The van der Waals surface area contributed by atoms with Crippen molar-refractivity contribution in [1.29, 1.82) is 0 Å². The van der Waals surface area contributed by atoms with Gasteiger partial charge in [0.05, 0.1) is 18.6 Å². The van der Waals surface area contributed by atoms with Crippen LogP contribution in [0.2, 0.25) is 0 Å². The van der Waals surface area contributed by atoms with Crippen LogP contribution in [0.25, 0.3) is 11.1 Å². The van der Waals surface area contributed by atoms with Crippen molar-refractivity contribution < 1.29 is 22.3 Å². The number of benzene rings is 2. The maximum atomic E-state index is 12.6. The van der Waals surface area contributed by atoms with Crippen molar-refractivity contribution in [3.8, 4) is 11.5 Å². The van der Waals surface area contributed by atoms with Crippen molar-refractivity contribution in [2.75, 3.05) is 45.8 Å². The number of methoxy groups -OCH3 is 1. The molecule has 2 aromatic carbocycles. The number of anilines is 1. The van der Waals surface area contributed by atoms with E-state index in [0.717, 1.165) is 31.5 Å². The number of fused-ring (bicyclic) bond motifs is 1. The van der Waals surface area contributed by atoms with Gasteiger partial charge in [-0.25, -0.2) is 12.7 Å². The zero-order valence-electron chi connectivity index (χ0n) is 20.1. The molecule has 1 fully saturated rings. The molecule has 0 unspecified atom stereocenters. The van der Waals surface area contributed by atoms with Gasteiger partial charge in [0.15, 0.2) is 17.1 Å². The lowest BCUT2D eigenvalue weighted by Gasteiger charge is -2.33. The molecule has 0 radical (unpaired) electrons. The second-order valence-electron chi connectivity index (χ2n) is 8.44. The number of piperidine rings is 1. The fraction of sp³-hybridized carbons (Fsp3) is 0.458. The molecule has 9 nitrogen and oxygen atoms in total. The quantitative estimate of drug-likeness (QED) is 0.490. The number of oxazole rings is 1. The van der Waals surface area contributed by atoms with Crippen molar-refractivity contribution in [1.82, 2.24) is 14.6 Å². The Bertz CT molecular complexity index is 1240. The van der Waals surface area contributed by atoms with Crippen molar-refractivity contribution in [2.24, 2.45) is 0 Å². The summed E-state index contributed by atoms with van der Waals surface area (Å²) in [5.41, 5.74) is 2.11. The number of sulfonamides is 1. The fourth-order valence-corrected chi connectivity index (χ4v) is 5.07. The van der Waals surface area contributed by atoms with E-state index in [1.54, 1.807) is 25.3 Å². The summed E-state index contributed by atoms with van der Waals surface area (Å²) in [6.45, 7) is 4.89. The molecule has 0 spiro atoms. The average molecular weight is 489 g/mol. The lowest BCUT2D eigenvalue weighted by Crippen LogP contribution is -2.43. The first-order chi connectivity index (χ1) is 16.3. The molecule has 0 bridgehead atoms. The second kappa shape index (κ2) is 10.2. The highest BCUT2D eigenvalue weighted by molar-refractivity contribution is 7.89. The Morgan fingerprint density at radius 3 is 2.56 bits per heavy atom. The average Bonchev–Trinajstić information content (AvgIpc) is 3.26. The van der Waals surface area contributed by atoms with Gasteiger partial charge < -0.3 is 24.1 Å². The van der Waals surface area contributed by atoms with Gasteiger partial charge in [0.2, 0.25) is 10.0 Å². The number of rotatable bonds is 9. The third-order valence-corrected chi connectivity index (χ3v) is 7.81. The van der Waals surface area contributed by atoms with Crippen LogP contribution >= 0.6 is 0 Å². The van der Waals surface area contributed by atoms with Gasteiger partial charge in [0, 0.05) is 26.7 Å². The lowest BCUT2D eigenvalue weighted by atomic mass is 10.0. The predicted molar refractivity (Wildman–Crippen MR) is 131 cm³/mol. The highest BCUT2D eigenvalue weighted by Gasteiger charge is 2.27. The van der Waals surface area contributed by atoms with Gasteiger partial charge in [-0.2, -0.15) is 4.98 Å². The molecule has 4 rings (SSSR count). The Kier molecular flexibility index (Phi) is 7.30. The molecule has 3 aromatic rings. The highest BCUT2D eigenvalue weighted by Crippen LogP contribution is 2.32. The summed E-state index contributed by atoms with van der Waals surface area (Å²) >= 11 is 0. The summed E-state index contributed by atoms with van der Waals surface area (Å²) in [6.07, 6.45) is 1.90. The molecule has 1 N–H and O–H groups in total. The van der Waals surface area contributed by atoms with E-state index in [4.69, 9.17) is 18.9 Å². The Balaban J connectivity index is 1.71. The molecule has 1 aliphatic heterocycles. The Labute approximate surface area is 200 Å². The van der Waals surface area contributed by atoms with Crippen LogP contribution in [0.3, 0.4) is 0 Å². The molecule has 0 atom stereocenters. The third kappa shape index (κ3) is 4.98. The smallest absolute Gasteiger partial charge is 0.298 e. The van der Waals surface area contributed by atoms with Crippen molar-refractivity contribution in [3.05, 3.63) is 42.0 Å². The van der Waals surface area contributed by atoms with Crippen molar-refractivity contribution in [2.45, 2.75) is 37.2 Å². The first kappa shape index (κ1) is 24.3. The van der Waals surface area contributed by atoms with Crippen LogP contribution in [0.1, 0.15) is 25.3 Å². The molecule has 1 aliphatic rings. The molecule has 0 amide bonds. The van der Waals surface area contributed by atoms with E-state index in [9.17, 15) is 8.42 Å². The summed E-state index contributed by atoms with van der Waals surface area (Å²) in [5.74, 6) is 1.39. The van der Waals surface area contributed by atoms with Crippen LogP contribution < -0.4 is 19.7 Å². The van der Waals surface area contributed by atoms with Crippen molar-refractivity contribution >= 4 is 27.1 Å². The fourth-order valence-electron chi connectivity index (χ4n) is 4.14. The first-order valence-corrected chi connectivity index (χ1v) is 12.9. The molecule has 1 aromatic heterocycles. The largest absolute Gasteiger partial charge is 0.493 e. The van der Waals surface area contributed by atoms with E-state index in [1.807, 2.05) is 25.1 Å². The molecule has 2 heterocycles. The van der Waals surface area contributed by atoms with Gasteiger partial charge in [-0.15, -0.1) is 0 Å². The highest BCUT2D eigenvalue weighted by atomic mass is 32.2. The van der Waals surface area contributed by atoms with Gasteiger partial charge in [0.1, 0.15) is 5.52 Å². The number of nitrogens with zero attached hydrogens (tertiary/aromatic N) is 3. The minimum absolute atomic E-state index is 0.190. The summed E-state index contributed by atoms with van der Waals surface area (Å²) < 4.78 is 43.7. The minimum atomic E-state index is -3.56. The van der Waals surface area contributed by atoms with E-state index in [1.165, 1.54) is 18.4 Å². The van der Waals surface area contributed by atoms with E-state index < -0.39 is 10.0 Å². The Morgan fingerprint density at radius 2 is 1.88 bits per heavy atom. The number of ether oxygens (including phenoxy) is 2. The summed E-state index contributed by atoms with van der Waals surface area (Å²) in [7, 11) is 1.09. The van der Waals surface area contributed by atoms with Crippen LogP contribution in [0.4, 0.5) is 6.01 Å². The molecule has 0 aliphatic carbocycles. The predicted octanol–water partition coefficient (Wildman–Crippen LogP) is 3.24. The van der Waals surface area contributed by atoms with Crippen LogP contribution in [0.5, 0.6) is 11.5 Å². The molecular weight excluding hydrogens is 456 g/mol. The lowest BCUT2D eigenvalue weighted by molar-refractivity contribution is 0.310. The van der Waals surface area contributed by atoms with Crippen LogP contribution in [0, 0.1) is 0 Å². The van der Waals surface area contributed by atoms with E-state index in [-0.39, 0.29) is 10.9 Å². The van der Waals surface area contributed by atoms with E-state index in [2.05, 4.69) is 10.2 Å². The number of hydrogen-bond acceptors (Lipinski definition) is 8. The summed E-state index contributed by atoms with van der Waals surface area (Å²) in [6, 6.07) is 11.4. The molecule has 0 saturated carbocycles. The minimum Gasteiger partial charge on any atom is -0.493 e. The van der Waals surface area contributed by atoms with E-state index in [0.29, 0.717) is 41.8 Å². The number of nitrogens with one attached hydrogen (secondary N) is 1. The SMILES string of the molecule is CCOc1cc(CN(c2nc3cc(S(=O)(=O)N(C)C)ccc3o2)C2CCNCC2)ccc1OC. The molecular formula is C24H32N4O5S. The third-order valence-electron chi connectivity index (χ3n) is 6.00. The monoisotopic (exact) mass is 488 g/mol. The molecule has 184 valence electrons. The number of aromatic nitrogens is 1. The van der Waals surface area contributed by atoms with Crippen LogP contribution in [-0.4, -0.2) is 64.7 Å². The number of hydrogen-bond donors (Lipinski definition) is 1. The van der Waals surface area contributed by atoms with Crippen LogP contribution in [0.15, 0.2) is 45.7 Å². The van der Waals surface area contributed by atoms with Crippen molar-refractivity contribution in [3.63, 3.8) is 0 Å². The van der Waals surface area contributed by atoms with Crippen LogP contribution in [-0.2, 0) is 16.6 Å².